The van der Waals surface area contributed by atoms with Gasteiger partial charge >= 0.3 is 0 Å². The van der Waals surface area contributed by atoms with Gasteiger partial charge in [0.05, 0.1) is 36.0 Å². The normalized spacial score (nSPS) is 18.7. The van der Waals surface area contributed by atoms with E-state index in [4.69, 9.17) is 4.74 Å². The molecule has 10 nitrogen and oxygen atoms in total. The lowest BCUT2D eigenvalue weighted by Crippen LogP contribution is -2.40. The topological polar surface area (TPSA) is 121 Å². The molecule has 0 radical (unpaired) electrons. The molecule has 4 heterocycles. The fourth-order valence-electron chi connectivity index (χ4n) is 4.28. The first kappa shape index (κ1) is 21.4. The predicted octanol–water partition coefficient (Wildman–Crippen LogP) is 1.51. The summed E-state index contributed by atoms with van der Waals surface area (Å²) in [5.74, 6) is 0. The highest BCUT2D eigenvalue weighted by atomic mass is 16.5. The largest absolute Gasteiger partial charge is 0.388 e. The molecular weight excluding hydrogens is 422 g/mol. The molecule has 0 spiro atoms. The van der Waals surface area contributed by atoms with Gasteiger partial charge in [0.15, 0.2) is 0 Å². The second-order valence-corrected chi connectivity index (χ2v) is 8.53. The smallest absolute Gasteiger partial charge is 0.277 e. The quantitative estimate of drug-likeness (QED) is 0.500. The van der Waals surface area contributed by atoms with Crippen LogP contribution >= 0.6 is 0 Å². The van der Waals surface area contributed by atoms with Crippen molar-refractivity contribution in [2.45, 2.75) is 38.8 Å². The SMILES string of the molecule is Cc1c(Cc2ccc(-c3cn(C)nn3)nc2)cc2c(=O)n([C@H]3CCOC[C@@H]3O)nnc2c1C. The summed E-state index contributed by atoms with van der Waals surface area (Å²) in [4.78, 5) is 17.9. The number of hydrogen-bond donors (Lipinski definition) is 1. The average Bonchev–Trinajstić information content (AvgIpc) is 3.25. The van der Waals surface area contributed by atoms with Crippen molar-refractivity contribution in [1.29, 1.82) is 0 Å². The molecule has 3 aromatic heterocycles. The fourth-order valence-corrected chi connectivity index (χ4v) is 4.28. The Labute approximate surface area is 189 Å². The van der Waals surface area contributed by atoms with Gasteiger partial charge in [-0.15, -0.1) is 10.2 Å². The summed E-state index contributed by atoms with van der Waals surface area (Å²) in [7, 11) is 1.82. The molecule has 10 heteroatoms. The van der Waals surface area contributed by atoms with E-state index in [1.807, 2.05) is 51.5 Å². The molecule has 0 bridgehead atoms. The summed E-state index contributed by atoms with van der Waals surface area (Å²) in [6, 6.07) is 5.39. The van der Waals surface area contributed by atoms with Crippen LogP contribution in [0.3, 0.4) is 0 Å². The minimum atomic E-state index is -0.784. The molecule has 170 valence electrons. The van der Waals surface area contributed by atoms with Gasteiger partial charge in [-0.05, 0) is 61.1 Å². The summed E-state index contributed by atoms with van der Waals surface area (Å²) in [6.45, 7) is 4.65. The van der Waals surface area contributed by atoms with Crippen LogP contribution in [0, 0.1) is 13.8 Å². The third-order valence-electron chi connectivity index (χ3n) is 6.34. The maximum absolute atomic E-state index is 13.3. The average molecular weight is 447 g/mol. The van der Waals surface area contributed by atoms with Gasteiger partial charge in [0.25, 0.3) is 5.56 Å². The number of aromatic nitrogens is 7. The number of pyridine rings is 1. The number of ether oxygens (including phenoxy) is 1. The molecule has 33 heavy (non-hydrogen) atoms. The first-order valence-electron chi connectivity index (χ1n) is 10.9. The fraction of sp³-hybridized carbons (Fsp3) is 0.391. The van der Waals surface area contributed by atoms with E-state index >= 15 is 0 Å². The summed E-state index contributed by atoms with van der Waals surface area (Å²) in [6.07, 6.45) is 4.00. The first-order chi connectivity index (χ1) is 15.9. The van der Waals surface area contributed by atoms with Crippen LogP contribution in [0.2, 0.25) is 0 Å². The van der Waals surface area contributed by atoms with Crippen molar-refractivity contribution < 1.29 is 9.84 Å². The van der Waals surface area contributed by atoms with Gasteiger partial charge in [-0.25, -0.2) is 4.68 Å². The van der Waals surface area contributed by atoms with E-state index in [1.54, 1.807) is 4.68 Å². The van der Waals surface area contributed by atoms with E-state index < -0.39 is 12.1 Å². The number of rotatable bonds is 4. The van der Waals surface area contributed by atoms with Crippen molar-refractivity contribution in [1.82, 2.24) is 35.0 Å². The van der Waals surface area contributed by atoms with Crippen molar-refractivity contribution in [2.75, 3.05) is 13.2 Å². The van der Waals surface area contributed by atoms with Crippen molar-refractivity contribution in [3.05, 3.63) is 63.2 Å². The maximum atomic E-state index is 13.3. The summed E-state index contributed by atoms with van der Waals surface area (Å²) in [5.41, 5.74) is 5.86. The zero-order chi connectivity index (χ0) is 23.1. The van der Waals surface area contributed by atoms with Crippen LogP contribution < -0.4 is 5.56 Å². The van der Waals surface area contributed by atoms with Crippen LogP contribution in [-0.4, -0.2) is 59.4 Å². The second-order valence-electron chi connectivity index (χ2n) is 8.53. The third-order valence-corrected chi connectivity index (χ3v) is 6.34. The van der Waals surface area contributed by atoms with Gasteiger partial charge < -0.3 is 9.84 Å². The van der Waals surface area contributed by atoms with E-state index in [1.165, 1.54) is 4.68 Å². The number of benzene rings is 1. The number of aliphatic hydroxyl groups excluding tert-OH is 1. The van der Waals surface area contributed by atoms with Crippen LogP contribution in [0.4, 0.5) is 0 Å². The highest BCUT2D eigenvalue weighted by molar-refractivity contribution is 5.82. The molecule has 0 saturated carbocycles. The Balaban J connectivity index is 1.51. The molecule has 1 saturated heterocycles. The third kappa shape index (κ3) is 3.91. The van der Waals surface area contributed by atoms with Crippen LogP contribution in [-0.2, 0) is 18.2 Å². The van der Waals surface area contributed by atoms with Crippen molar-refractivity contribution in [3.8, 4) is 11.4 Å². The van der Waals surface area contributed by atoms with Gasteiger partial charge in [-0.3, -0.25) is 14.5 Å². The molecule has 1 aliphatic heterocycles. The van der Waals surface area contributed by atoms with Crippen LogP contribution in [0.5, 0.6) is 0 Å². The minimum absolute atomic E-state index is 0.187. The molecule has 1 N–H and O–H groups in total. The predicted molar refractivity (Wildman–Crippen MR) is 121 cm³/mol. The zero-order valence-electron chi connectivity index (χ0n) is 18.8. The Morgan fingerprint density at radius 1 is 1.15 bits per heavy atom. The highest BCUT2D eigenvalue weighted by Crippen LogP contribution is 2.25. The van der Waals surface area contributed by atoms with Crippen LogP contribution in [0.1, 0.15) is 34.7 Å². The molecule has 1 aromatic carbocycles. The summed E-state index contributed by atoms with van der Waals surface area (Å²) in [5, 5.41) is 27.3. The lowest BCUT2D eigenvalue weighted by Gasteiger charge is -2.28. The molecule has 1 fully saturated rings. The van der Waals surface area contributed by atoms with Crippen molar-refractivity contribution in [2.24, 2.45) is 7.05 Å². The maximum Gasteiger partial charge on any atom is 0.277 e. The Kier molecular flexibility index (Phi) is 5.47. The van der Waals surface area contributed by atoms with Crippen LogP contribution in [0.15, 0.2) is 35.4 Å². The molecule has 0 unspecified atom stereocenters. The summed E-state index contributed by atoms with van der Waals surface area (Å²) >= 11 is 0. The lowest BCUT2D eigenvalue weighted by atomic mass is 9.95. The monoisotopic (exact) mass is 447 g/mol. The molecule has 1 aliphatic rings. The standard InChI is InChI=1S/C23H25N7O3/c1-13-14(2)22-17(23(32)30(28-26-22)20-6-7-33-12-21(20)31)9-16(13)8-15-4-5-18(24-10-15)19-11-29(3)27-25-19/h4-5,9-11,20-21,31H,6-8,12H2,1-3H3/t20-,21-/m0/s1. The van der Waals surface area contributed by atoms with Gasteiger partial charge in [-0.1, -0.05) is 16.5 Å². The molecule has 2 atom stereocenters. The number of aryl methyl sites for hydroxylation is 2. The van der Waals surface area contributed by atoms with E-state index in [2.05, 4.69) is 25.6 Å². The second kappa shape index (κ2) is 8.45. The van der Waals surface area contributed by atoms with Gasteiger partial charge in [0.1, 0.15) is 11.2 Å². The van der Waals surface area contributed by atoms with E-state index in [9.17, 15) is 9.90 Å². The first-order valence-corrected chi connectivity index (χ1v) is 10.9. The number of fused-ring (bicyclic) bond motifs is 1. The van der Waals surface area contributed by atoms with Crippen molar-refractivity contribution >= 4 is 10.9 Å². The molecular formula is C23H25N7O3. The van der Waals surface area contributed by atoms with Gasteiger partial charge in [-0.2, -0.15) is 0 Å². The lowest BCUT2D eigenvalue weighted by molar-refractivity contribution is -0.0434. The van der Waals surface area contributed by atoms with Gasteiger partial charge in [0.2, 0.25) is 0 Å². The number of hydrogen-bond acceptors (Lipinski definition) is 8. The minimum Gasteiger partial charge on any atom is -0.388 e. The molecule has 0 aliphatic carbocycles. The molecule has 4 aromatic rings. The van der Waals surface area contributed by atoms with E-state index in [-0.39, 0.29) is 12.2 Å². The zero-order valence-corrected chi connectivity index (χ0v) is 18.8. The van der Waals surface area contributed by atoms with Crippen LogP contribution in [0.25, 0.3) is 22.3 Å². The van der Waals surface area contributed by atoms with Gasteiger partial charge in [0, 0.05) is 19.9 Å². The number of nitrogens with zero attached hydrogens (tertiary/aromatic N) is 7. The molecule has 5 rings (SSSR count). The highest BCUT2D eigenvalue weighted by Gasteiger charge is 2.28. The Bertz CT molecular complexity index is 1380. The Morgan fingerprint density at radius 3 is 2.70 bits per heavy atom. The molecule has 0 amide bonds. The van der Waals surface area contributed by atoms with Crippen molar-refractivity contribution in [3.63, 3.8) is 0 Å². The van der Waals surface area contributed by atoms with E-state index in [0.29, 0.717) is 30.4 Å². The van der Waals surface area contributed by atoms with E-state index in [0.717, 1.165) is 33.6 Å². The Morgan fingerprint density at radius 2 is 2.00 bits per heavy atom. The number of aliphatic hydroxyl groups is 1. The Hall–Kier alpha value is -3.50. The summed E-state index contributed by atoms with van der Waals surface area (Å²) < 4.78 is 8.24.